The molecule has 1 aromatic heterocycles. The van der Waals surface area contributed by atoms with Crippen LogP contribution in [0, 0.1) is 11.5 Å². The maximum Gasteiger partial charge on any atom is 0.146 e. The van der Waals surface area contributed by atoms with Gasteiger partial charge in [-0.05, 0) is 58.1 Å². The molecule has 0 spiro atoms. The summed E-state index contributed by atoms with van der Waals surface area (Å²) in [6.45, 7) is 19.4. The third kappa shape index (κ3) is 5.96. The maximum absolute atomic E-state index is 5.55. The number of allylic oxidation sites excluding steroid dienone is 1. The van der Waals surface area contributed by atoms with Crippen molar-refractivity contribution in [1.29, 1.82) is 0 Å². The van der Waals surface area contributed by atoms with Crippen LogP contribution in [0.2, 0.25) is 16.6 Å². The molecule has 1 heterocycles. The van der Waals surface area contributed by atoms with Crippen molar-refractivity contribution in [3.05, 3.63) is 39.1 Å². The molecule has 1 aromatic rings. The van der Waals surface area contributed by atoms with Crippen LogP contribution in [0.25, 0.3) is 6.08 Å². The molecule has 0 aliphatic heterocycles. The summed E-state index contributed by atoms with van der Waals surface area (Å²) >= 11 is 1.77. The van der Waals surface area contributed by atoms with Gasteiger partial charge in [0.25, 0.3) is 0 Å². The monoisotopic (exact) mass is 416 g/mol. The second-order valence-electron chi connectivity index (χ2n) is 8.43. The Labute approximate surface area is 179 Å². The molecule has 3 heteroatoms. The highest BCUT2D eigenvalue weighted by molar-refractivity contribution is 7.10. The molecule has 0 aromatic carbocycles. The first-order valence-electron chi connectivity index (χ1n) is 10.7. The fraction of sp³-hybridized carbons (Fsp3) is 0.600. The van der Waals surface area contributed by atoms with E-state index >= 15 is 0 Å². The molecule has 0 unspecified atom stereocenters. The van der Waals surface area contributed by atoms with Crippen molar-refractivity contribution in [2.75, 3.05) is 13.7 Å². The van der Waals surface area contributed by atoms with Crippen molar-refractivity contribution in [3.8, 4) is 11.5 Å². The minimum absolute atomic E-state index is 0.632. The summed E-state index contributed by atoms with van der Waals surface area (Å²) in [5.74, 6) is 3.72. The van der Waals surface area contributed by atoms with Crippen molar-refractivity contribution < 1.29 is 4.74 Å². The average molecular weight is 417 g/mol. The number of hydrogen-bond acceptors (Lipinski definition) is 2. The predicted molar refractivity (Wildman–Crippen MR) is 131 cm³/mol. The molecule has 0 saturated heterocycles. The van der Waals surface area contributed by atoms with Gasteiger partial charge < -0.3 is 4.74 Å². The van der Waals surface area contributed by atoms with E-state index in [9.17, 15) is 0 Å². The van der Waals surface area contributed by atoms with Crippen LogP contribution >= 0.6 is 11.3 Å². The van der Waals surface area contributed by atoms with Crippen molar-refractivity contribution in [1.82, 2.24) is 0 Å². The second kappa shape index (κ2) is 11.8. The van der Waals surface area contributed by atoms with Crippen molar-refractivity contribution in [2.45, 2.75) is 84.9 Å². The summed E-state index contributed by atoms with van der Waals surface area (Å²) in [5, 5.41) is 2.12. The van der Waals surface area contributed by atoms with Gasteiger partial charge in [0.05, 0.1) is 6.61 Å². The maximum atomic E-state index is 5.55. The van der Waals surface area contributed by atoms with E-state index in [1.165, 1.54) is 21.6 Å². The first-order chi connectivity index (χ1) is 13.2. The molecule has 0 atom stereocenters. The number of ether oxygens (including phenoxy) is 1. The van der Waals surface area contributed by atoms with Crippen molar-refractivity contribution in [3.63, 3.8) is 0 Å². The third-order valence-corrected chi connectivity index (χ3v) is 13.0. The quantitative estimate of drug-likeness (QED) is 0.224. The van der Waals surface area contributed by atoms with Gasteiger partial charge in [0.1, 0.15) is 8.07 Å². The van der Waals surface area contributed by atoms with E-state index in [2.05, 4.69) is 90.4 Å². The third-order valence-electron chi connectivity index (χ3n) is 5.91. The van der Waals surface area contributed by atoms with Crippen LogP contribution in [-0.2, 0) is 4.74 Å². The highest BCUT2D eigenvalue weighted by Gasteiger charge is 2.41. The number of hydrogen-bond donors (Lipinski definition) is 0. The first-order valence-corrected chi connectivity index (χ1v) is 13.8. The molecule has 0 radical (unpaired) electrons. The molecule has 0 bridgehead atoms. The summed E-state index contributed by atoms with van der Waals surface area (Å²) in [5.41, 5.74) is 9.81. The van der Waals surface area contributed by atoms with Gasteiger partial charge >= 0.3 is 0 Å². The highest BCUT2D eigenvalue weighted by Crippen LogP contribution is 2.41. The van der Waals surface area contributed by atoms with E-state index in [1.807, 2.05) is 0 Å². The first kappa shape index (κ1) is 25.0. The van der Waals surface area contributed by atoms with Crippen LogP contribution in [0.1, 0.15) is 73.1 Å². The fourth-order valence-corrected chi connectivity index (χ4v) is 10.5. The standard InChI is InChI=1S/C25H40OSSi/c1-10-22(14-16-28(19(3)4,20(5)6)21(7)8)25(11-2)23(18-26-9)17-24-13-12-15-27-24/h12-13,15,17,19-21H,10-11,18H2,1-9H3/b23-17+,25-22-. The van der Waals surface area contributed by atoms with Crippen LogP contribution in [0.5, 0.6) is 0 Å². The Morgan fingerprint density at radius 3 is 2.07 bits per heavy atom. The van der Waals surface area contributed by atoms with Gasteiger partial charge in [-0.2, -0.15) is 0 Å². The van der Waals surface area contributed by atoms with Gasteiger partial charge in [0.2, 0.25) is 0 Å². The molecular formula is C25H40OSSi. The number of rotatable bonds is 9. The van der Waals surface area contributed by atoms with E-state index in [1.54, 1.807) is 18.4 Å². The van der Waals surface area contributed by atoms with Gasteiger partial charge in [-0.25, -0.2) is 0 Å². The number of thiophene rings is 1. The SMILES string of the molecule is CC/C(C#C[Si](C(C)C)(C(C)C)C(C)C)=C(CC)/C(=C/c1cccs1)COC. The number of methoxy groups -OCH3 is 1. The summed E-state index contributed by atoms with van der Waals surface area (Å²) in [6.07, 6.45) is 4.24. The van der Waals surface area contributed by atoms with E-state index in [4.69, 9.17) is 4.74 Å². The lowest BCUT2D eigenvalue weighted by molar-refractivity contribution is 0.227. The Morgan fingerprint density at radius 1 is 1.07 bits per heavy atom. The largest absolute Gasteiger partial charge is 0.380 e. The molecule has 0 amide bonds. The minimum Gasteiger partial charge on any atom is -0.380 e. The minimum atomic E-state index is -1.73. The smallest absolute Gasteiger partial charge is 0.146 e. The van der Waals surface area contributed by atoms with E-state index in [0.29, 0.717) is 23.2 Å². The van der Waals surface area contributed by atoms with Gasteiger partial charge in [0, 0.05) is 17.6 Å². The Bertz CT molecular complexity index is 690. The van der Waals surface area contributed by atoms with Gasteiger partial charge in [0.15, 0.2) is 0 Å². The summed E-state index contributed by atoms with van der Waals surface area (Å²) in [4.78, 5) is 1.27. The van der Waals surface area contributed by atoms with Crippen LogP contribution < -0.4 is 0 Å². The van der Waals surface area contributed by atoms with E-state index < -0.39 is 8.07 Å². The van der Waals surface area contributed by atoms with Gasteiger partial charge in [-0.3, -0.25) is 0 Å². The predicted octanol–water partition coefficient (Wildman–Crippen LogP) is 8.12. The van der Waals surface area contributed by atoms with Crippen LogP contribution in [0.4, 0.5) is 0 Å². The summed E-state index contributed by atoms with van der Waals surface area (Å²) < 4.78 is 5.55. The molecule has 0 fully saturated rings. The molecule has 0 N–H and O–H groups in total. The molecule has 28 heavy (non-hydrogen) atoms. The van der Waals surface area contributed by atoms with Crippen molar-refractivity contribution >= 4 is 25.5 Å². The Kier molecular flexibility index (Phi) is 10.5. The normalized spacial score (nSPS) is 13.8. The van der Waals surface area contributed by atoms with Gasteiger partial charge in [-0.15, -0.1) is 16.9 Å². The lowest BCUT2D eigenvalue weighted by Gasteiger charge is -2.38. The van der Waals surface area contributed by atoms with Crippen LogP contribution in [0.3, 0.4) is 0 Å². The van der Waals surface area contributed by atoms with E-state index in [-0.39, 0.29) is 0 Å². The summed E-state index contributed by atoms with van der Waals surface area (Å²) in [6, 6.07) is 4.27. The van der Waals surface area contributed by atoms with Crippen LogP contribution in [-0.4, -0.2) is 21.8 Å². The Hall–Kier alpha value is -1.08. The lowest BCUT2D eigenvalue weighted by Crippen LogP contribution is -2.43. The van der Waals surface area contributed by atoms with E-state index in [0.717, 1.165) is 12.8 Å². The topological polar surface area (TPSA) is 9.23 Å². The second-order valence-corrected chi connectivity index (χ2v) is 15.0. The average Bonchev–Trinajstić information content (AvgIpc) is 3.13. The zero-order valence-electron chi connectivity index (χ0n) is 19.5. The molecule has 156 valence electrons. The Morgan fingerprint density at radius 2 is 1.68 bits per heavy atom. The van der Waals surface area contributed by atoms with Gasteiger partial charge in [-0.1, -0.05) is 67.4 Å². The highest BCUT2D eigenvalue weighted by atomic mass is 32.1. The lowest BCUT2D eigenvalue weighted by atomic mass is 9.96. The van der Waals surface area contributed by atoms with Crippen molar-refractivity contribution in [2.24, 2.45) is 0 Å². The molecule has 1 nitrogen and oxygen atoms in total. The Balaban J connectivity index is 3.55. The zero-order chi connectivity index (χ0) is 21.3. The van der Waals surface area contributed by atoms with Crippen LogP contribution in [0.15, 0.2) is 34.2 Å². The molecule has 1 rings (SSSR count). The molecular weight excluding hydrogens is 376 g/mol. The molecule has 0 aliphatic rings. The fourth-order valence-electron chi connectivity index (χ4n) is 4.54. The zero-order valence-corrected chi connectivity index (χ0v) is 21.3. The molecule has 0 saturated carbocycles. The summed E-state index contributed by atoms with van der Waals surface area (Å²) in [7, 11) is 0.0531. The molecule has 0 aliphatic carbocycles.